The molecule has 1 aliphatic heterocycles. The van der Waals surface area contributed by atoms with Gasteiger partial charge in [-0.1, -0.05) is 30.3 Å². The van der Waals surface area contributed by atoms with Gasteiger partial charge < -0.3 is 4.90 Å². The van der Waals surface area contributed by atoms with Crippen LogP contribution in [-0.4, -0.2) is 47.4 Å². The molecule has 1 atom stereocenters. The molecule has 0 bridgehead atoms. The number of amides is 1. The molecule has 1 aliphatic carbocycles. The van der Waals surface area contributed by atoms with E-state index in [9.17, 15) is 13.6 Å². The second kappa shape index (κ2) is 7.16. The van der Waals surface area contributed by atoms with Gasteiger partial charge >= 0.3 is 0 Å². The van der Waals surface area contributed by atoms with Crippen LogP contribution in [0.5, 0.6) is 0 Å². The lowest BCUT2D eigenvalue weighted by atomic mass is 10.0. The fourth-order valence-corrected chi connectivity index (χ4v) is 3.80. The predicted molar refractivity (Wildman–Crippen MR) is 95.9 cm³/mol. The number of hydrogen-bond acceptors (Lipinski definition) is 2. The summed E-state index contributed by atoms with van der Waals surface area (Å²) in [5.74, 6) is -1.81. The Morgan fingerprint density at radius 1 is 1.04 bits per heavy atom. The number of halogens is 2. The molecule has 1 saturated carbocycles. The van der Waals surface area contributed by atoms with E-state index in [1.807, 2.05) is 18.2 Å². The summed E-state index contributed by atoms with van der Waals surface area (Å²) in [5.41, 5.74) is 1.11. The monoisotopic (exact) mass is 356 g/mol. The lowest BCUT2D eigenvalue weighted by Gasteiger charge is -2.42. The zero-order valence-corrected chi connectivity index (χ0v) is 14.6. The number of piperazine rings is 1. The van der Waals surface area contributed by atoms with E-state index in [2.05, 4.69) is 17.0 Å². The van der Waals surface area contributed by atoms with Crippen molar-refractivity contribution in [2.24, 2.45) is 0 Å². The average molecular weight is 356 g/mol. The van der Waals surface area contributed by atoms with E-state index in [4.69, 9.17) is 0 Å². The van der Waals surface area contributed by atoms with Crippen LogP contribution < -0.4 is 0 Å². The smallest absolute Gasteiger partial charge is 0.257 e. The lowest BCUT2D eigenvalue weighted by Crippen LogP contribution is -2.56. The van der Waals surface area contributed by atoms with E-state index >= 15 is 0 Å². The summed E-state index contributed by atoms with van der Waals surface area (Å²) in [5, 5.41) is 0. The highest BCUT2D eigenvalue weighted by molar-refractivity contribution is 5.94. The van der Waals surface area contributed by atoms with Crippen molar-refractivity contribution >= 4 is 5.91 Å². The summed E-state index contributed by atoms with van der Waals surface area (Å²) in [4.78, 5) is 17.2. The maximum absolute atomic E-state index is 14.1. The molecule has 2 aromatic carbocycles. The van der Waals surface area contributed by atoms with Gasteiger partial charge in [0.25, 0.3) is 5.91 Å². The van der Waals surface area contributed by atoms with Crippen LogP contribution in [0.15, 0.2) is 48.5 Å². The third kappa shape index (κ3) is 3.63. The molecular formula is C21H22F2N2O. The molecule has 1 saturated heterocycles. The SMILES string of the molecule is O=C(c1ccc(F)cc1F)N1CCN(C2CC2)CC1Cc1ccccc1. The number of hydrogen-bond donors (Lipinski definition) is 0. The predicted octanol–water partition coefficient (Wildman–Crippen LogP) is 3.50. The first-order valence-electron chi connectivity index (χ1n) is 9.16. The summed E-state index contributed by atoms with van der Waals surface area (Å²) < 4.78 is 27.3. The maximum Gasteiger partial charge on any atom is 0.257 e. The molecule has 2 fully saturated rings. The van der Waals surface area contributed by atoms with Gasteiger partial charge in [0, 0.05) is 37.8 Å². The van der Waals surface area contributed by atoms with Crippen LogP contribution in [0.25, 0.3) is 0 Å². The topological polar surface area (TPSA) is 23.6 Å². The molecule has 5 heteroatoms. The van der Waals surface area contributed by atoms with Gasteiger partial charge in [0.15, 0.2) is 0 Å². The quantitative estimate of drug-likeness (QED) is 0.837. The summed E-state index contributed by atoms with van der Waals surface area (Å²) in [6.07, 6.45) is 3.18. The average Bonchev–Trinajstić information content (AvgIpc) is 3.47. The highest BCUT2D eigenvalue weighted by Gasteiger charge is 2.37. The van der Waals surface area contributed by atoms with E-state index in [1.54, 1.807) is 4.90 Å². The van der Waals surface area contributed by atoms with E-state index in [1.165, 1.54) is 18.9 Å². The van der Waals surface area contributed by atoms with Gasteiger partial charge in [-0.05, 0) is 37.0 Å². The van der Waals surface area contributed by atoms with E-state index in [0.717, 1.165) is 37.2 Å². The Bertz CT molecular complexity index is 792. The fraction of sp³-hybridized carbons (Fsp3) is 0.381. The molecule has 0 N–H and O–H groups in total. The highest BCUT2D eigenvalue weighted by Crippen LogP contribution is 2.30. The van der Waals surface area contributed by atoms with Crippen molar-refractivity contribution in [3.63, 3.8) is 0 Å². The van der Waals surface area contributed by atoms with Crippen molar-refractivity contribution in [2.75, 3.05) is 19.6 Å². The number of carbonyl (C=O) groups excluding carboxylic acids is 1. The summed E-state index contributed by atoms with van der Waals surface area (Å²) in [7, 11) is 0. The molecule has 2 aromatic rings. The van der Waals surface area contributed by atoms with Crippen molar-refractivity contribution < 1.29 is 13.6 Å². The Morgan fingerprint density at radius 3 is 2.50 bits per heavy atom. The first-order valence-corrected chi connectivity index (χ1v) is 9.16. The minimum absolute atomic E-state index is 0.0105. The molecule has 1 heterocycles. The summed E-state index contributed by atoms with van der Waals surface area (Å²) in [6.45, 7) is 2.18. The van der Waals surface area contributed by atoms with Gasteiger partial charge in [0.1, 0.15) is 11.6 Å². The lowest BCUT2D eigenvalue weighted by molar-refractivity contribution is 0.0433. The molecule has 136 valence electrons. The number of nitrogens with zero attached hydrogens (tertiary/aromatic N) is 2. The van der Waals surface area contributed by atoms with Gasteiger partial charge in [-0.15, -0.1) is 0 Å². The van der Waals surface area contributed by atoms with Crippen molar-refractivity contribution in [3.05, 3.63) is 71.3 Å². The minimum Gasteiger partial charge on any atom is -0.333 e. The van der Waals surface area contributed by atoms with Crippen LogP contribution in [0.1, 0.15) is 28.8 Å². The van der Waals surface area contributed by atoms with Crippen molar-refractivity contribution in [2.45, 2.75) is 31.3 Å². The summed E-state index contributed by atoms with van der Waals surface area (Å²) >= 11 is 0. The molecule has 1 amide bonds. The molecule has 26 heavy (non-hydrogen) atoms. The van der Waals surface area contributed by atoms with Crippen molar-refractivity contribution in [1.29, 1.82) is 0 Å². The maximum atomic E-state index is 14.1. The van der Waals surface area contributed by atoms with Gasteiger partial charge in [0.2, 0.25) is 0 Å². The molecule has 0 aromatic heterocycles. The molecule has 2 aliphatic rings. The summed E-state index contributed by atoms with van der Waals surface area (Å²) in [6, 6.07) is 13.8. The van der Waals surface area contributed by atoms with Gasteiger partial charge in [-0.2, -0.15) is 0 Å². The normalized spacial score (nSPS) is 21.0. The Hall–Kier alpha value is -2.27. The van der Waals surface area contributed by atoms with E-state index in [-0.39, 0.29) is 17.5 Å². The van der Waals surface area contributed by atoms with Crippen molar-refractivity contribution in [3.8, 4) is 0 Å². The largest absolute Gasteiger partial charge is 0.333 e. The van der Waals surface area contributed by atoms with E-state index in [0.29, 0.717) is 12.6 Å². The van der Waals surface area contributed by atoms with Gasteiger partial charge in [0.05, 0.1) is 5.56 Å². The Morgan fingerprint density at radius 2 is 1.81 bits per heavy atom. The molecule has 3 nitrogen and oxygen atoms in total. The second-order valence-electron chi connectivity index (χ2n) is 7.19. The standard InChI is InChI=1S/C21H22F2N2O/c22-16-6-9-19(20(23)13-16)21(26)25-11-10-24(17-7-8-17)14-18(25)12-15-4-2-1-3-5-15/h1-6,9,13,17-18H,7-8,10-12,14H2. The molecule has 0 spiro atoms. The number of carbonyl (C=O) groups is 1. The zero-order chi connectivity index (χ0) is 18.1. The van der Waals surface area contributed by atoms with Crippen LogP contribution in [-0.2, 0) is 6.42 Å². The third-order valence-corrected chi connectivity index (χ3v) is 5.31. The van der Waals surface area contributed by atoms with Crippen molar-refractivity contribution in [1.82, 2.24) is 9.80 Å². The second-order valence-corrected chi connectivity index (χ2v) is 7.19. The Kier molecular flexibility index (Phi) is 4.72. The number of benzene rings is 2. The zero-order valence-electron chi connectivity index (χ0n) is 14.6. The third-order valence-electron chi connectivity index (χ3n) is 5.31. The first kappa shape index (κ1) is 17.2. The van der Waals surface area contributed by atoms with Crippen LogP contribution in [0.3, 0.4) is 0 Å². The minimum atomic E-state index is -0.793. The highest BCUT2D eigenvalue weighted by atomic mass is 19.1. The van der Waals surface area contributed by atoms with E-state index < -0.39 is 11.6 Å². The molecule has 4 rings (SSSR count). The molecule has 0 radical (unpaired) electrons. The van der Waals surface area contributed by atoms with Crippen LogP contribution in [0, 0.1) is 11.6 Å². The number of rotatable bonds is 4. The van der Waals surface area contributed by atoms with Crippen LogP contribution >= 0.6 is 0 Å². The first-order chi connectivity index (χ1) is 12.6. The fourth-order valence-electron chi connectivity index (χ4n) is 3.80. The molecular weight excluding hydrogens is 334 g/mol. The molecule has 1 unspecified atom stereocenters. The van der Waals surface area contributed by atoms with Gasteiger partial charge in [-0.25, -0.2) is 8.78 Å². The van der Waals surface area contributed by atoms with Gasteiger partial charge in [-0.3, -0.25) is 9.69 Å². The van der Waals surface area contributed by atoms with Crippen LogP contribution in [0.2, 0.25) is 0 Å². The Balaban J connectivity index is 1.58. The van der Waals surface area contributed by atoms with Crippen LogP contribution in [0.4, 0.5) is 8.78 Å². The Labute approximate surface area is 152 Å².